The van der Waals surface area contributed by atoms with Crippen LogP contribution in [0.3, 0.4) is 0 Å². The maximum Gasteiger partial charge on any atom is 0.273 e. The third-order valence-electron chi connectivity index (χ3n) is 2.97. The van der Waals surface area contributed by atoms with Gasteiger partial charge in [0, 0.05) is 24.4 Å². The first-order valence-electron chi connectivity index (χ1n) is 6.53. The van der Waals surface area contributed by atoms with Gasteiger partial charge in [0.15, 0.2) is 5.69 Å². The fourth-order valence-electron chi connectivity index (χ4n) is 1.92. The van der Waals surface area contributed by atoms with Crippen molar-refractivity contribution in [1.82, 2.24) is 20.3 Å². The normalized spacial score (nSPS) is 10.5. The van der Waals surface area contributed by atoms with E-state index in [1.54, 1.807) is 23.9 Å². The Morgan fingerprint density at radius 1 is 1.33 bits per heavy atom. The van der Waals surface area contributed by atoms with Crippen molar-refractivity contribution in [2.45, 2.75) is 13.5 Å². The summed E-state index contributed by atoms with van der Waals surface area (Å²) in [5.41, 5.74) is 2.16. The number of nitrogens with zero attached hydrogens (tertiary/aromatic N) is 3. The van der Waals surface area contributed by atoms with Gasteiger partial charge in [-0.15, -0.1) is 0 Å². The van der Waals surface area contributed by atoms with Crippen LogP contribution in [0.4, 0.5) is 0 Å². The molecule has 0 unspecified atom stereocenters. The van der Waals surface area contributed by atoms with Crippen molar-refractivity contribution in [2.24, 2.45) is 0 Å². The fourth-order valence-corrected chi connectivity index (χ4v) is 1.92. The monoisotopic (exact) mass is 282 g/mol. The SMILES string of the molecule is Cc1cc(C(=O)NCc2cnn(-c3ccccc3)c2)no1. The number of aryl methyl sites for hydroxylation is 1. The molecule has 0 atom stereocenters. The van der Waals surface area contributed by atoms with Gasteiger partial charge in [-0.25, -0.2) is 4.68 Å². The molecule has 0 spiro atoms. The van der Waals surface area contributed by atoms with Crippen LogP contribution in [-0.4, -0.2) is 20.8 Å². The van der Waals surface area contributed by atoms with Crippen LogP contribution in [0, 0.1) is 6.92 Å². The molecular weight excluding hydrogens is 268 g/mol. The smallest absolute Gasteiger partial charge is 0.273 e. The average molecular weight is 282 g/mol. The number of hydrogen-bond donors (Lipinski definition) is 1. The molecule has 3 rings (SSSR count). The first-order valence-corrected chi connectivity index (χ1v) is 6.53. The van der Waals surface area contributed by atoms with Crippen LogP contribution >= 0.6 is 0 Å². The van der Waals surface area contributed by atoms with Gasteiger partial charge in [0.2, 0.25) is 0 Å². The zero-order valence-corrected chi connectivity index (χ0v) is 11.5. The molecule has 6 heteroatoms. The van der Waals surface area contributed by atoms with Gasteiger partial charge >= 0.3 is 0 Å². The summed E-state index contributed by atoms with van der Waals surface area (Å²) in [6, 6.07) is 11.4. The summed E-state index contributed by atoms with van der Waals surface area (Å²) in [5, 5.41) is 10.7. The van der Waals surface area contributed by atoms with Gasteiger partial charge in [0.25, 0.3) is 5.91 Å². The number of carbonyl (C=O) groups is 1. The largest absolute Gasteiger partial charge is 0.361 e. The van der Waals surface area contributed by atoms with Crippen LogP contribution in [0.2, 0.25) is 0 Å². The van der Waals surface area contributed by atoms with Gasteiger partial charge in [0.1, 0.15) is 5.76 Å². The number of amides is 1. The lowest BCUT2D eigenvalue weighted by Gasteiger charge is -2.00. The lowest BCUT2D eigenvalue weighted by Crippen LogP contribution is -2.22. The highest BCUT2D eigenvalue weighted by Crippen LogP contribution is 2.08. The van der Waals surface area contributed by atoms with E-state index in [2.05, 4.69) is 15.6 Å². The molecule has 0 bridgehead atoms. The van der Waals surface area contributed by atoms with Gasteiger partial charge in [-0.05, 0) is 19.1 Å². The molecule has 0 radical (unpaired) electrons. The van der Waals surface area contributed by atoms with Crippen LogP contribution in [0.25, 0.3) is 5.69 Å². The number of benzene rings is 1. The first-order chi connectivity index (χ1) is 10.2. The Morgan fingerprint density at radius 2 is 2.14 bits per heavy atom. The van der Waals surface area contributed by atoms with Crippen molar-refractivity contribution in [2.75, 3.05) is 0 Å². The molecule has 2 heterocycles. The van der Waals surface area contributed by atoms with Crippen LogP contribution in [0.15, 0.2) is 53.3 Å². The minimum absolute atomic E-state index is 0.265. The Labute approximate surface area is 121 Å². The second-order valence-electron chi connectivity index (χ2n) is 4.63. The maximum atomic E-state index is 11.8. The summed E-state index contributed by atoms with van der Waals surface area (Å²) >= 11 is 0. The van der Waals surface area contributed by atoms with Crippen molar-refractivity contribution >= 4 is 5.91 Å². The molecule has 0 aliphatic heterocycles. The van der Waals surface area contributed by atoms with E-state index in [0.717, 1.165) is 11.3 Å². The molecule has 1 aromatic carbocycles. The van der Waals surface area contributed by atoms with E-state index in [-0.39, 0.29) is 11.6 Å². The number of hydrogen-bond acceptors (Lipinski definition) is 4. The van der Waals surface area contributed by atoms with Crippen molar-refractivity contribution in [1.29, 1.82) is 0 Å². The third kappa shape index (κ3) is 3.00. The molecule has 0 aliphatic carbocycles. The average Bonchev–Trinajstić information content (AvgIpc) is 3.15. The fraction of sp³-hybridized carbons (Fsp3) is 0.133. The number of carbonyl (C=O) groups excluding carboxylic acids is 1. The minimum Gasteiger partial charge on any atom is -0.361 e. The third-order valence-corrected chi connectivity index (χ3v) is 2.97. The number of nitrogens with one attached hydrogen (secondary N) is 1. The molecule has 1 N–H and O–H groups in total. The number of aromatic nitrogens is 3. The minimum atomic E-state index is -0.265. The standard InChI is InChI=1S/C15H14N4O2/c1-11-7-14(18-21-11)15(20)16-8-12-9-17-19(10-12)13-5-3-2-4-6-13/h2-7,9-10H,8H2,1H3,(H,16,20). The van der Waals surface area contributed by atoms with E-state index >= 15 is 0 Å². The second kappa shape index (κ2) is 5.62. The van der Waals surface area contributed by atoms with E-state index in [1.807, 2.05) is 36.5 Å². The molecule has 106 valence electrons. The van der Waals surface area contributed by atoms with Gasteiger partial charge < -0.3 is 9.84 Å². The summed E-state index contributed by atoms with van der Waals surface area (Å²) in [4.78, 5) is 11.8. The highest BCUT2D eigenvalue weighted by molar-refractivity contribution is 5.92. The van der Waals surface area contributed by atoms with Crippen molar-refractivity contribution in [3.8, 4) is 5.69 Å². The number of para-hydroxylation sites is 1. The van der Waals surface area contributed by atoms with Crippen molar-refractivity contribution in [3.63, 3.8) is 0 Å². The van der Waals surface area contributed by atoms with E-state index in [0.29, 0.717) is 12.3 Å². The van der Waals surface area contributed by atoms with Crippen LogP contribution in [0.5, 0.6) is 0 Å². The topological polar surface area (TPSA) is 73.0 Å². The van der Waals surface area contributed by atoms with Crippen molar-refractivity contribution in [3.05, 3.63) is 65.8 Å². The molecule has 21 heavy (non-hydrogen) atoms. The summed E-state index contributed by atoms with van der Waals surface area (Å²) in [7, 11) is 0. The maximum absolute atomic E-state index is 11.8. The predicted octanol–water partition coefficient (Wildman–Crippen LogP) is 2.10. The quantitative estimate of drug-likeness (QED) is 0.795. The van der Waals surface area contributed by atoms with Crippen LogP contribution in [-0.2, 0) is 6.54 Å². The van der Waals surface area contributed by atoms with Gasteiger partial charge in [-0.3, -0.25) is 4.79 Å². The van der Waals surface area contributed by atoms with Crippen LogP contribution < -0.4 is 5.32 Å². The highest BCUT2D eigenvalue weighted by atomic mass is 16.5. The molecule has 0 saturated heterocycles. The number of rotatable bonds is 4. The molecule has 6 nitrogen and oxygen atoms in total. The zero-order chi connectivity index (χ0) is 14.7. The Bertz CT molecular complexity index is 746. The summed E-state index contributed by atoms with van der Waals surface area (Å²) in [6.07, 6.45) is 3.60. The summed E-state index contributed by atoms with van der Waals surface area (Å²) in [6.45, 7) is 2.13. The van der Waals surface area contributed by atoms with Gasteiger partial charge in [-0.2, -0.15) is 5.10 Å². The predicted molar refractivity (Wildman–Crippen MR) is 76.0 cm³/mol. The summed E-state index contributed by atoms with van der Waals surface area (Å²) in [5.74, 6) is 0.344. The van der Waals surface area contributed by atoms with E-state index < -0.39 is 0 Å². The van der Waals surface area contributed by atoms with Crippen LogP contribution in [0.1, 0.15) is 21.8 Å². The molecular formula is C15H14N4O2. The van der Waals surface area contributed by atoms with E-state index in [1.165, 1.54) is 0 Å². The Balaban J connectivity index is 1.64. The second-order valence-corrected chi connectivity index (χ2v) is 4.63. The Kier molecular flexibility index (Phi) is 3.51. The lowest BCUT2D eigenvalue weighted by molar-refractivity contribution is 0.0942. The molecule has 0 aliphatic rings. The summed E-state index contributed by atoms with van der Waals surface area (Å²) < 4.78 is 6.64. The van der Waals surface area contributed by atoms with E-state index in [9.17, 15) is 4.79 Å². The first kappa shape index (κ1) is 13.1. The Hall–Kier alpha value is -2.89. The van der Waals surface area contributed by atoms with Gasteiger partial charge in [-0.1, -0.05) is 23.4 Å². The Morgan fingerprint density at radius 3 is 2.86 bits per heavy atom. The highest BCUT2D eigenvalue weighted by Gasteiger charge is 2.10. The lowest BCUT2D eigenvalue weighted by atomic mass is 10.3. The molecule has 1 amide bonds. The van der Waals surface area contributed by atoms with Crippen molar-refractivity contribution < 1.29 is 9.32 Å². The van der Waals surface area contributed by atoms with Gasteiger partial charge in [0.05, 0.1) is 11.9 Å². The molecule has 0 saturated carbocycles. The molecule has 2 aromatic heterocycles. The van der Waals surface area contributed by atoms with E-state index in [4.69, 9.17) is 4.52 Å². The molecule has 3 aromatic rings. The molecule has 0 fully saturated rings. The zero-order valence-electron chi connectivity index (χ0n) is 11.5.